The van der Waals surface area contributed by atoms with Gasteiger partial charge in [-0.15, -0.1) is 11.3 Å². The highest BCUT2D eigenvalue weighted by Gasteiger charge is 2.20. The zero-order chi connectivity index (χ0) is 15.4. The number of hydrogen-bond acceptors (Lipinski definition) is 4. The number of aromatic nitrogens is 3. The molecule has 0 aromatic carbocycles. The maximum Gasteiger partial charge on any atom is 0.284 e. The Bertz CT molecular complexity index is 595. The third-order valence-electron chi connectivity index (χ3n) is 2.65. The van der Waals surface area contributed by atoms with E-state index in [4.69, 9.17) is 0 Å². The molecule has 2 aromatic rings. The Balaban J connectivity index is 2.10. The van der Waals surface area contributed by atoms with Crippen LogP contribution in [0.25, 0.3) is 0 Å². The third-order valence-corrected chi connectivity index (χ3v) is 3.28. The van der Waals surface area contributed by atoms with E-state index in [1.54, 1.807) is 10.9 Å². The van der Waals surface area contributed by atoms with Crippen molar-refractivity contribution in [2.75, 3.05) is 5.32 Å². The molecule has 0 spiro atoms. The molecule has 0 aliphatic rings. The van der Waals surface area contributed by atoms with Gasteiger partial charge in [-0.25, -0.2) is 13.8 Å². The van der Waals surface area contributed by atoms with Crippen LogP contribution in [0.15, 0.2) is 17.1 Å². The molecule has 114 valence electrons. The van der Waals surface area contributed by atoms with Gasteiger partial charge < -0.3 is 5.32 Å². The normalized spacial score (nSPS) is 11.3. The molecule has 0 saturated heterocycles. The van der Waals surface area contributed by atoms with E-state index in [2.05, 4.69) is 15.4 Å². The van der Waals surface area contributed by atoms with Crippen molar-refractivity contribution in [2.45, 2.75) is 33.2 Å². The molecule has 0 aliphatic heterocycles. The first-order valence-corrected chi connectivity index (χ1v) is 7.42. The largest absolute Gasteiger partial charge is 0.323 e. The Labute approximate surface area is 125 Å². The highest BCUT2D eigenvalue weighted by atomic mass is 32.1. The summed E-state index contributed by atoms with van der Waals surface area (Å²) in [6, 6.07) is 0. The van der Waals surface area contributed by atoms with Crippen molar-refractivity contribution in [3.05, 3.63) is 28.5 Å². The second-order valence-electron chi connectivity index (χ2n) is 5.05. The van der Waals surface area contributed by atoms with Gasteiger partial charge in [0.25, 0.3) is 6.43 Å². The number of alkyl halides is 2. The molecule has 8 heteroatoms. The van der Waals surface area contributed by atoms with E-state index in [-0.39, 0.29) is 23.9 Å². The first-order chi connectivity index (χ1) is 9.95. The fourth-order valence-corrected chi connectivity index (χ4v) is 2.40. The first kappa shape index (κ1) is 15.6. The van der Waals surface area contributed by atoms with Crippen LogP contribution in [0.2, 0.25) is 0 Å². The number of carbonyl (C=O) groups is 1. The molecule has 0 fully saturated rings. The van der Waals surface area contributed by atoms with Gasteiger partial charge in [0.15, 0.2) is 5.69 Å². The van der Waals surface area contributed by atoms with Crippen molar-refractivity contribution >= 4 is 22.9 Å². The first-order valence-electron chi connectivity index (χ1n) is 6.48. The summed E-state index contributed by atoms with van der Waals surface area (Å²) >= 11 is 1.38. The SMILES string of the molecule is CC(C)Cn1cc(NC(=O)Cc2cscn2)c(C(F)F)n1. The summed E-state index contributed by atoms with van der Waals surface area (Å²) < 4.78 is 27.4. The minimum Gasteiger partial charge on any atom is -0.323 e. The van der Waals surface area contributed by atoms with Crippen molar-refractivity contribution < 1.29 is 13.6 Å². The Morgan fingerprint density at radius 1 is 1.48 bits per heavy atom. The molecule has 2 rings (SSSR count). The van der Waals surface area contributed by atoms with Crippen LogP contribution in [-0.2, 0) is 17.8 Å². The molecule has 1 amide bonds. The van der Waals surface area contributed by atoms with E-state index in [9.17, 15) is 13.6 Å². The molecule has 5 nitrogen and oxygen atoms in total. The Morgan fingerprint density at radius 2 is 2.24 bits per heavy atom. The van der Waals surface area contributed by atoms with Gasteiger partial charge in [0.2, 0.25) is 5.91 Å². The number of halogens is 2. The van der Waals surface area contributed by atoms with Gasteiger partial charge in [0, 0.05) is 18.1 Å². The molecule has 21 heavy (non-hydrogen) atoms. The van der Waals surface area contributed by atoms with Crippen LogP contribution in [-0.4, -0.2) is 20.7 Å². The minimum atomic E-state index is -2.73. The standard InChI is InChI=1S/C13H16F2N4OS/c1-8(2)4-19-5-10(12(18-19)13(14)15)17-11(20)3-9-6-21-7-16-9/h5-8,13H,3-4H2,1-2H3,(H,17,20). The number of hydrogen-bond donors (Lipinski definition) is 1. The maximum absolute atomic E-state index is 13.0. The number of carbonyl (C=O) groups excluding carboxylic acids is 1. The van der Waals surface area contributed by atoms with Gasteiger partial charge in [0.05, 0.1) is 23.3 Å². The smallest absolute Gasteiger partial charge is 0.284 e. The summed E-state index contributed by atoms with van der Waals surface area (Å²) in [5.74, 6) is -0.110. The van der Waals surface area contributed by atoms with Gasteiger partial charge in [-0.1, -0.05) is 13.8 Å². The molecule has 0 atom stereocenters. The molecular formula is C13H16F2N4OS. The molecule has 0 bridgehead atoms. The third kappa shape index (κ3) is 4.32. The van der Waals surface area contributed by atoms with Crippen LogP contribution in [0.5, 0.6) is 0 Å². The van der Waals surface area contributed by atoms with E-state index in [0.29, 0.717) is 12.2 Å². The lowest BCUT2D eigenvalue weighted by Gasteiger charge is -2.03. The van der Waals surface area contributed by atoms with Crippen LogP contribution < -0.4 is 5.32 Å². The number of nitrogens with one attached hydrogen (secondary N) is 1. The fraction of sp³-hybridized carbons (Fsp3) is 0.462. The van der Waals surface area contributed by atoms with Crippen molar-refractivity contribution in [1.82, 2.24) is 14.8 Å². The number of rotatable bonds is 6. The van der Waals surface area contributed by atoms with E-state index < -0.39 is 12.1 Å². The summed E-state index contributed by atoms with van der Waals surface area (Å²) in [6.45, 7) is 4.44. The number of thiazole rings is 1. The highest BCUT2D eigenvalue weighted by Crippen LogP contribution is 2.26. The lowest BCUT2D eigenvalue weighted by Crippen LogP contribution is -2.15. The summed E-state index contributed by atoms with van der Waals surface area (Å²) in [5.41, 5.74) is 1.90. The Hall–Kier alpha value is -1.83. The van der Waals surface area contributed by atoms with Crippen molar-refractivity contribution in [3.63, 3.8) is 0 Å². The molecule has 0 saturated carbocycles. The van der Waals surface area contributed by atoms with E-state index in [1.807, 2.05) is 13.8 Å². The van der Waals surface area contributed by atoms with E-state index >= 15 is 0 Å². The van der Waals surface area contributed by atoms with E-state index in [0.717, 1.165) is 0 Å². The van der Waals surface area contributed by atoms with Crippen molar-refractivity contribution in [1.29, 1.82) is 0 Å². The lowest BCUT2D eigenvalue weighted by atomic mass is 10.2. The lowest BCUT2D eigenvalue weighted by molar-refractivity contribution is -0.115. The topological polar surface area (TPSA) is 59.8 Å². The summed E-state index contributed by atoms with van der Waals surface area (Å²) in [7, 11) is 0. The molecule has 0 aliphatic carbocycles. The van der Waals surface area contributed by atoms with Crippen LogP contribution in [0, 0.1) is 5.92 Å². The second-order valence-corrected chi connectivity index (χ2v) is 5.77. The number of amides is 1. The molecule has 1 N–H and O–H groups in total. The maximum atomic E-state index is 13.0. The second kappa shape index (κ2) is 6.75. The average molecular weight is 314 g/mol. The monoisotopic (exact) mass is 314 g/mol. The summed E-state index contributed by atoms with van der Waals surface area (Å²) in [5, 5.41) is 8.07. The predicted molar refractivity (Wildman–Crippen MR) is 76.5 cm³/mol. The van der Waals surface area contributed by atoms with Gasteiger partial charge in [0.1, 0.15) is 0 Å². The fourth-order valence-electron chi connectivity index (χ4n) is 1.85. The molecule has 2 aromatic heterocycles. The van der Waals surface area contributed by atoms with Gasteiger partial charge in [-0.05, 0) is 5.92 Å². The molecule has 2 heterocycles. The zero-order valence-corrected chi connectivity index (χ0v) is 12.5. The van der Waals surface area contributed by atoms with Crippen LogP contribution >= 0.6 is 11.3 Å². The summed E-state index contributed by atoms with van der Waals surface area (Å²) in [4.78, 5) is 15.8. The zero-order valence-electron chi connectivity index (χ0n) is 11.7. The van der Waals surface area contributed by atoms with Crippen LogP contribution in [0.4, 0.5) is 14.5 Å². The quantitative estimate of drug-likeness (QED) is 0.891. The van der Waals surface area contributed by atoms with Crippen LogP contribution in [0.1, 0.15) is 31.7 Å². The average Bonchev–Trinajstić information content (AvgIpc) is 2.98. The highest BCUT2D eigenvalue weighted by molar-refractivity contribution is 7.07. The van der Waals surface area contributed by atoms with Crippen molar-refractivity contribution in [3.8, 4) is 0 Å². The molecular weight excluding hydrogens is 298 g/mol. The Kier molecular flexibility index (Phi) is 5.00. The Morgan fingerprint density at radius 3 is 2.81 bits per heavy atom. The molecule has 0 unspecified atom stereocenters. The van der Waals surface area contributed by atoms with Gasteiger partial charge in [-0.2, -0.15) is 5.10 Å². The van der Waals surface area contributed by atoms with Crippen molar-refractivity contribution in [2.24, 2.45) is 5.92 Å². The number of anilines is 1. The molecule has 0 radical (unpaired) electrons. The predicted octanol–water partition coefficient (Wildman–Crippen LogP) is 3.11. The minimum absolute atomic E-state index is 0.0571. The van der Waals surface area contributed by atoms with Gasteiger partial charge in [-0.3, -0.25) is 9.48 Å². The number of nitrogens with zero attached hydrogens (tertiary/aromatic N) is 3. The summed E-state index contributed by atoms with van der Waals surface area (Å²) in [6.07, 6.45) is -1.23. The van der Waals surface area contributed by atoms with Gasteiger partial charge >= 0.3 is 0 Å². The van der Waals surface area contributed by atoms with E-state index in [1.165, 1.54) is 22.2 Å². The van der Waals surface area contributed by atoms with Crippen LogP contribution in [0.3, 0.4) is 0 Å².